The van der Waals surface area contributed by atoms with Gasteiger partial charge in [-0.25, -0.2) is 0 Å². The molecule has 2 heterocycles. The number of hydrogen-bond donors (Lipinski definition) is 1. The van der Waals surface area contributed by atoms with Crippen molar-refractivity contribution in [1.29, 1.82) is 0 Å². The van der Waals surface area contributed by atoms with Crippen molar-refractivity contribution in [2.75, 3.05) is 5.32 Å². The van der Waals surface area contributed by atoms with E-state index < -0.39 is 11.7 Å². The Bertz CT molecular complexity index is 1130. The van der Waals surface area contributed by atoms with Crippen LogP contribution in [0.3, 0.4) is 0 Å². The van der Waals surface area contributed by atoms with Gasteiger partial charge in [0.15, 0.2) is 4.34 Å². The Morgan fingerprint density at radius 3 is 2.47 bits per heavy atom. The molecule has 0 aliphatic carbocycles. The zero-order valence-electron chi connectivity index (χ0n) is 15.4. The Morgan fingerprint density at radius 1 is 0.967 bits per heavy atom. The van der Waals surface area contributed by atoms with Crippen LogP contribution < -0.4 is 5.32 Å². The second-order valence-electron chi connectivity index (χ2n) is 6.11. The van der Waals surface area contributed by atoms with Crippen LogP contribution in [0.2, 0.25) is 0 Å². The summed E-state index contributed by atoms with van der Waals surface area (Å²) < 4.78 is 45.7. The van der Waals surface area contributed by atoms with E-state index in [1.165, 1.54) is 30.0 Å². The predicted octanol–water partition coefficient (Wildman–Crippen LogP) is 6.20. The van der Waals surface area contributed by atoms with Gasteiger partial charge in [-0.2, -0.15) is 13.2 Å². The minimum absolute atomic E-state index is 0.0739. The van der Waals surface area contributed by atoms with Crippen LogP contribution in [0.15, 0.2) is 63.4 Å². The highest BCUT2D eigenvalue weighted by Crippen LogP contribution is 2.40. The number of hydrogen-bond acceptors (Lipinski definition) is 8. The lowest BCUT2D eigenvalue weighted by Gasteiger charge is -2.12. The van der Waals surface area contributed by atoms with Crippen LogP contribution in [0.4, 0.5) is 24.0 Å². The van der Waals surface area contributed by atoms with Gasteiger partial charge < -0.3 is 9.73 Å². The van der Waals surface area contributed by atoms with E-state index in [0.29, 0.717) is 16.1 Å². The van der Waals surface area contributed by atoms with Gasteiger partial charge in [0.2, 0.25) is 16.9 Å². The smallest absolute Gasteiger partial charge is 0.418 e. The predicted molar refractivity (Wildman–Crippen MR) is 109 cm³/mol. The molecule has 0 radical (unpaired) electrons. The van der Waals surface area contributed by atoms with Crippen molar-refractivity contribution in [2.45, 2.75) is 22.7 Å². The maximum Gasteiger partial charge on any atom is 0.418 e. The van der Waals surface area contributed by atoms with Crippen molar-refractivity contribution in [2.24, 2.45) is 0 Å². The molecule has 0 aliphatic heterocycles. The number of nitrogens with zero attached hydrogens (tertiary/aromatic N) is 4. The lowest BCUT2D eigenvalue weighted by molar-refractivity contribution is -0.136. The molecule has 11 heteroatoms. The van der Waals surface area contributed by atoms with Crippen LogP contribution in [-0.4, -0.2) is 20.4 Å². The molecular weight excluding hydrogens is 435 g/mol. The number of benzene rings is 2. The number of rotatable bonds is 6. The average molecular weight is 449 g/mol. The van der Waals surface area contributed by atoms with E-state index in [0.717, 1.165) is 23.0 Å². The summed E-state index contributed by atoms with van der Waals surface area (Å²) in [6, 6.07) is 14.6. The molecule has 0 saturated carbocycles. The Morgan fingerprint density at radius 2 is 1.70 bits per heavy atom. The molecule has 2 aromatic heterocycles. The zero-order chi connectivity index (χ0) is 21.1. The summed E-state index contributed by atoms with van der Waals surface area (Å²) in [6.45, 7) is 1.88. The molecule has 0 saturated heterocycles. The summed E-state index contributed by atoms with van der Waals surface area (Å²) in [4.78, 5) is 0. The van der Waals surface area contributed by atoms with Crippen LogP contribution in [0.5, 0.6) is 0 Å². The molecule has 0 bridgehead atoms. The number of anilines is 2. The van der Waals surface area contributed by atoms with Gasteiger partial charge in [0.1, 0.15) is 0 Å². The van der Waals surface area contributed by atoms with Gasteiger partial charge in [-0.15, -0.1) is 20.4 Å². The summed E-state index contributed by atoms with van der Waals surface area (Å²) in [5.41, 5.74) is -0.0172. The summed E-state index contributed by atoms with van der Waals surface area (Å²) in [5, 5.41) is 18.9. The molecular formula is C19H14F3N5OS2. The molecule has 1 atom stereocenters. The third-order valence-electron chi connectivity index (χ3n) is 3.97. The Labute approximate surface area is 177 Å². The first kappa shape index (κ1) is 20.4. The SMILES string of the molecule is C[C@@H](Sc1nnc(Nc2ccccc2C(F)(F)F)s1)c1nnc(-c2ccccc2)o1. The number of nitrogens with one attached hydrogen (secondary N) is 1. The number of halogens is 3. The van der Waals surface area contributed by atoms with Crippen molar-refractivity contribution in [1.82, 2.24) is 20.4 Å². The number of para-hydroxylation sites is 1. The van der Waals surface area contributed by atoms with Gasteiger partial charge in [0.05, 0.1) is 16.5 Å². The van der Waals surface area contributed by atoms with Crippen LogP contribution in [0.25, 0.3) is 11.5 Å². The summed E-state index contributed by atoms with van der Waals surface area (Å²) in [6.07, 6.45) is -4.46. The summed E-state index contributed by atoms with van der Waals surface area (Å²) in [7, 11) is 0. The van der Waals surface area contributed by atoms with Crippen LogP contribution in [0.1, 0.15) is 23.6 Å². The third-order valence-corrected chi connectivity index (χ3v) is 5.98. The maximum atomic E-state index is 13.1. The first-order valence-corrected chi connectivity index (χ1v) is 10.4. The molecule has 0 spiro atoms. The highest BCUT2D eigenvalue weighted by atomic mass is 32.2. The van der Waals surface area contributed by atoms with Gasteiger partial charge in [0.25, 0.3) is 0 Å². The fourth-order valence-corrected chi connectivity index (χ4v) is 4.50. The van der Waals surface area contributed by atoms with Crippen LogP contribution in [-0.2, 0) is 6.18 Å². The molecule has 1 N–H and O–H groups in total. The van der Waals surface area contributed by atoms with Crippen molar-refractivity contribution < 1.29 is 17.6 Å². The first-order valence-electron chi connectivity index (χ1n) is 8.72. The monoisotopic (exact) mass is 449 g/mol. The Kier molecular flexibility index (Phi) is 5.73. The van der Waals surface area contributed by atoms with E-state index in [-0.39, 0.29) is 16.1 Å². The molecule has 0 aliphatic rings. The fourth-order valence-electron chi connectivity index (χ4n) is 2.56. The molecule has 4 aromatic rings. The van der Waals surface area contributed by atoms with Crippen LogP contribution in [0, 0.1) is 0 Å². The van der Waals surface area contributed by atoms with Gasteiger partial charge in [-0.3, -0.25) is 0 Å². The number of alkyl halides is 3. The molecule has 30 heavy (non-hydrogen) atoms. The summed E-state index contributed by atoms with van der Waals surface area (Å²) >= 11 is 2.48. The third kappa shape index (κ3) is 4.62. The van der Waals surface area contributed by atoms with Gasteiger partial charge in [0, 0.05) is 5.56 Å². The quantitative estimate of drug-likeness (QED) is 0.351. The molecule has 4 rings (SSSR count). The van der Waals surface area contributed by atoms with Crippen molar-refractivity contribution >= 4 is 33.9 Å². The van der Waals surface area contributed by atoms with E-state index in [1.54, 1.807) is 0 Å². The molecule has 0 unspecified atom stereocenters. The molecule has 2 aromatic carbocycles. The number of thioether (sulfide) groups is 1. The second-order valence-corrected chi connectivity index (χ2v) is 8.68. The van der Waals surface area contributed by atoms with E-state index in [4.69, 9.17) is 4.42 Å². The van der Waals surface area contributed by atoms with Gasteiger partial charge in [-0.1, -0.05) is 53.4 Å². The van der Waals surface area contributed by atoms with E-state index >= 15 is 0 Å². The second kappa shape index (κ2) is 8.44. The maximum absolute atomic E-state index is 13.1. The van der Waals surface area contributed by atoms with Gasteiger partial charge >= 0.3 is 6.18 Å². The van der Waals surface area contributed by atoms with Gasteiger partial charge in [-0.05, 0) is 31.2 Å². The molecule has 6 nitrogen and oxygen atoms in total. The molecule has 0 amide bonds. The highest BCUT2D eigenvalue weighted by molar-refractivity contribution is 8.01. The fraction of sp³-hybridized carbons (Fsp3) is 0.158. The minimum Gasteiger partial charge on any atom is -0.419 e. The highest BCUT2D eigenvalue weighted by Gasteiger charge is 2.33. The Hall–Kier alpha value is -2.92. The van der Waals surface area contributed by atoms with Crippen molar-refractivity contribution in [3.05, 3.63) is 66.1 Å². The molecule has 0 fully saturated rings. The van der Waals surface area contributed by atoms with Crippen molar-refractivity contribution in [3.63, 3.8) is 0 Å². The lowest BCUT2D eigenvalue weighted by Crippen LogP contribution is -2.08. The average Bonchev–Trinajstić information content (AvgIpc) is 3.38. The Balaban J connectivity index is 1.45. The van der Waals surface area contributed by atoms with E-state index in [2.05, 4.69) is 25.7 Å². The largest absolute Gasteiger partial charge is 0.419 e. The topological polar surface area (TPSA) is 76.7 Å². The minimum atomic E-state index is -4.46. The lowest BCUT2D eigenvalue weighted by atomic mass is 10.2. The van der Waals surface area contributed by atoms with E-state index in [1.807, 2.05) is 37.3 Å². The van der Waals surface area contributed by atoms with E-state index in [9.17, 15) is 13.2 Å². The zero-order valence-corrected chi connectivity index (χ0v) is 17.1. The van der Waals surface area contributed by atoms with Crippen LogP contribution >= 0.6 is 23.1 Å². The summed E-state index contributed by atoms with van der Waals surface area (Å²) in [5.74, 6) is 0.840. The normalized spacial score (nSPS) is 12.7. The number of aromatic nitrogens is 4. The first-order chi connectivity index (χ1) is 14.4. The van der Waals surface area contributed by atoms with Crippen molar-refractivity contribution in [3.8, 4) is 11.5 Å². The molecule has 154 valence electrons. The standard InChI is InChI=1S/C19H14F3N5OS2/c1-11(15-24-25-16(28-15)12-7-3-2-4-8-12)29-18-27-26-17(30-18)23-14-10-6-5-9-13(14)19(20,21)22/h2-11H,1H3,(H,23,26)/t11-/m1/s1.